The first-order chi connectivity index (χ1) is 30.2. The molecule has 61 heavy (non-hydrogen) atoms. The standard InChI is InChI=1S/C55H32N4OS/c1-3-15-33(16-4-1)35-29-30-46-43(32-35)48-42(25-14-28-47(48)61-46)55-57-53(34-17-5-2-6-18-34)56-54(58-55)36-19-13-20-37(31-36)59-44-26-11-9-23-40(44)49-38-21-7-8-22-39(38)50-41-24-10-12-27-45(41)60-52(50)51(49)59/h1-32H. The fourth-order valence-corrected chi connectivity index (χ4v) is 10.5. The lowest BCUT2D eigenvalue weighted by atomic mass is 9.99. The topological polar surface area (TPSA) is 56.7 Å². The van der Waals surface area contributed by atoms with Crippen LogP contribution in [0.1, 0.15) is 0 Å². The zero-order valence-corrected chi connectivity index (χ0v) is 33.4. The maximum atomic E-state index is 6.85. The maximum Gasteiger partial charge on any atom is 0.164 e. The van der Waals surface area contributed by atoms with Gasteiger partial charge in [-0.05, 0) is 64.4 Å². The molecule has 13 aromatic rings. The number of furan rings is 1. The van der Waals surface area contributed by atoms with Crippen molar-refractivity contribution in [3.63, 3.8) is 0 Å². The lowest BCUT2D eigenvalue weighted by Crippen LogP contribution is -2.01. The zero-order chi connectivity index (χ0) is 40.0. The molecule has 0 saturated carbocycles. The molecule has 0 radical (unpaired) electrons. The van der Waals surface area contributed by atoms with Gasteiger partial charge in [-0.2, -0.15) is 0 Å². The van der Waals surface area contributed by atoms with Crippen molar-refractivity contribution in [3.8, 4) is 51.0 Å². The number of rotatable bonds is 5. The van der Waals surface area contributed by atoms with Gasteiger partial charge in [-0.1, -0.05) is 152 Å². The summed E-state index contributed by atoms with van der Waals surface area (Å²) in [6, 6.07) is 68.3. The fourth-order valence-electron chi connectivity index (χ4n) is 9.34. The quantitative estimate of drug-likeness (QED) is 0.174. The van der Waals surface area contributed by atoms with Crippen molar-refractivity contribution in [3.05, 3.63) is 194 Å². The Balaban J connectivity index is 1.06. The molecular formula is C55H32N4OS. The Morgan fingerprint density at radius 2 is 1.03 bits per heavy atom. The molecule has 0 atom stereocenters. The van der Waals surface area contributed by atoms with E-state index in [9.17, 15) is 0 Å². The Morgan fingerprint density at radius 1 is 0.393 bits per heavy atom. The van der Waals surface area contributed by atoms with Crippen LogP contribution in [0.25, 0.3) is 126 Å². The molecule has 0 saturated heterocycles. The van der Waals surface area contributed by atoms with Crippen molar-refractivity contribution >= 4 is 86.0 Å². The van der Waals surface area contributed by atoms with Crippen molar-refractivity contribution in [2.75, 3.05) is 0 Å². The molecule has 0 aliphatic rings. The first kappa shape index (κ1) is 34.0. The lowest BCUT2D eigenvalue weighted by molar-refractivity contribution is 0.671. The summed E-state index contributed by atoms with van der Waals surface area (Å²) in [5.74, 6) is 1.86. The van der Waals surface area contributed by atoms with E-state index in [0.29, 0.717) is 17.5 Å². The van der Waals surface area contributed by atoms with Gasteiger partial charge in [0, 0.05) is 64.1 Å². The van der Waals surface area contributed by atoms with Gasteiger partial charge in [0.05, 0.1) is 11.0 Å². The molecule has 0 spiro atoms. The second kappa shape index (κ2) is 13.3. The maximum absolute atomic E-state index is 6.85. The average molecular weight is 797 g/mol. The molecule has 4 aromatic heterocycles. The van der Waals surface area contributed by atoms with E-state index >= 15 is 0 Å². The summed E-state index contributed by atoms with van der Waals surface area (Å²) in [7, 11) is 0. The molecule has 0 aliphatic heterocycles. The van der Waals surface area contributed by atoms with Crippen LogP contribution in [0.5, 0.6) is 0 Å². The second-order valence-electron chi connectivity index (χ2n) is 15.5. The fraction of sp³-hybridized carbons (Fsp3) is 0. The number of nitrogens with zero attached hydrogens (tertiary/aromatic N) is 4. The third-order valence-electron chi connectivity index (χ3n) is 12.0. The van der Waals surface area contributed by atoms with Crippen LogP contribution in [0.4, 0.5) is 0 Å². The van der Waals surface area contributed by atoms with Crippen LogP contribution < -0.4 is 0 Å². The van der Waals surface area contributed by atoms with Crippen molar-refractivity contribution in [2.45, 2.75) is 0 Å². The lowest BCUT2D eigenvalue weighted by Gasteiger charge is -2.12. The summed E-state index contributed by atoms with van der Waals surface area (Å²) in [5.41, 5.74) is 10.0. The molecule has 4 heterocycles. The Morgan fingerprint density at radius 3 is 1.85 bits per heavy atom. The molecule has 0 bridgehead atoms. The van der Waals surface area contributed by atoms with Gasteiger partial charge >= 0.3 is 0 Å². The summed E-state index contributed by atoms with van der Waals surface area (Å²) in [4.78, 5) is 15.8. The van der Waals surface area contributed by atoms with Gasteiger partial charge in [0.15, 0.2) is 23.1 Å². The highest BCUT2D eigenvalue weighted by Gasteiger charge is 2.24. The first-order valence-electron chi connectivity index (χ1n) is 20.4. The number of fused-ring (bicyclic) bond motifs is 13. The monoisotopic (exact) mass is 796 g/mol. The molecule has 0 N–H and O–H groups in total. The van der Waals surface area contributed by atoms with E-state index in [1.54, 1.807) is 11.3 Å². The summed E-state index contributed by atoms with van der Waals surface area (Å²) in [6.45, 7) is 0. The predicted octanol–water partition coefficient (Wildman–Crippen LogP) is 15.1. The zero-order valence-electron chi connectivity index (χ0n) is 32.6. The Kier molecular flexibility index (Phi) is 7.41. The smallest absolute Gasteiger partial charge is 0.164 e. The van der Waals surface area contributed by atoms with Gasteiger partial charge < -0.3 is 8.98 Å². The summed E-state index contributed by atoms with van der Waals surface area (Å²) >= 11 is 1.80. The minimum Gasteiger partial charge on any atom is -0.454 e. The highest BCUT2D eigenvalue weighted by molar-refractivity contribution is 7.26. The first-order valence-corrected chi connectivity index (χ1v) is 21.3. The molecule has 0 amide bonds. The number of thiophene rings is 1. The van der Waals surface area contributed by atoms with Crippen LogP contribution in [-0.4, -0.2) is 19.5 Å². The summed E-state index contributed by atoms with van der Waals surface area (Å²) < 4.78 is 11.6. The van der Waals surface area contributed by atoms with Crippen molar-refractivity contribution in [1.82, 2.24) is 19.5 Å². The van der Waals surface area contributed by atoms with E-state index in [0.717, 1.165) is 60.7 Å². The van der Waals surface area contributed by atoms with Gasteiger partial charge in [0.1, 0.15) is 5.58 Å². The Labute approximate surface area is 353 Å². The number of benzene rings is 9. The van der Waals surface area contributed by atoms with Crippen molar-refractivity contribution in [2.24, 2.45) is 0 Å². The van der Waals surface area contributed by atoms with E-state index in [1.807, 2.05) is 24.3 Å². The van der Waals surface area contributed by atoms with Crippen LogP contribution in [0.2, 0.25) is 0 Å². The van der Waals surface area contributed by atoms with Gasteiger partial charge in [-0.15, -0.1) is 11.3 Å². The highest BCUT2D eigenvalue weighted by atomic mass is 32.1. The molecule has 0 unspecified atom stereocenters. The normalized spacial score (nSPS) is 11.9. The number of hydrogen-bond acceptors (Lipinski definition) is 5. The summed E-state index contributed by atoms with van der Waals surface area (Å²) in [5, 5.41) is 9.29. The molecule has 0 aliphatic carbocycles. The molecule has 5 nitrogen and oxygen atoms in total. The van der Waals surface area contributed by atoms with Crippen LogP contribution in [0, 0.1) is 0 Å². The molecule has 284 valence electrons. The molecule has 9 aromatic carbocycles. The van der Waals surface area contributed by atoms with Gasteiger partial charge in [-0.3, -0.25) is 0 Å². The number of para-hydroxylation sites is 2. The Hall–Kier alpha value is -7.93. The van der Waals surface area contributed by atoms with E-state index in [4.69, 9.17) is 19.4 Å². The summed E-state index contributed by atoms with van der Waals surface area (Å²) in [6.07, 6.45) is 0. The molecule has 13 rings (SSSR count). The van der Waals surface area contributed by atoms with Crippen LogP contribution >= 0.6 is 11.3 Å². The largest absolute Gasteiger partial charge is 0.454 e. The number of aromatic nitrogens is 4. The van der Waals surface area contributed by atoms with E-state index in [-0.39, 0.29) is 0 Å². The highest BCUT2D eigenvalue weighted by Crippen LogP contribution is 2.46. The van der Waals surface area contributed by atoms with Gasteiger partial charge in [0.2, 0.25) is 0 Å². The minimum atomic E-state index is 0.604. The third kappa shape index (κ3) is 5.22. The molecular weight excluding hydrogens is 765 g/mol. The van der Waals surface area contributed by atoms with Crippen LogP contribution in [0.15, 0.2) is 199 Å². The predicted molar refractivity (Wildman–Crippen MR) is 254 cm³/mol. The van der Waals surface area contributed by atoms with E-state index in [1.165, 1.54) is 47.5 Å². The van der Waals surface area contributed by atoms with Gasteiger partial charge in [-0.25, -0.2) is 15.0 Å². The molecule has 6 heteroatoms. The Bertz CT molecular complexity index is 3880. The van der Waals surface area contributed by atoms with Gasteiger partial charge in [0.25, 0.3) is 0 Å². The van der Waals surface area contributed by atoms with E-state index in [2.05, 4.69) is 174 Å². The van der Waals surface area contributed by atoms with Crippen LogP contribution in [0.3, 0.4) is 0 Å². The SMILES string of the molecule is c1ccc(-c2ccc3sc4cccc(-c5nc(-c6ccccc6)nc(-c6cccc(-n7c8ccccc8c8c9ccccc9c9c%10ccccc%10oc9c87)c6)n5)c4c3c2)cc1. The number of hydrogen-bond donors (Lipinski definition) is 0. The average Bonchev–Trinajstić information content (AvgIpc) is 4.02. The third-order valence-corrected chi connectivity index (χ3v) is 13.2. The van der Waals surface area contributed by atoms with Crippen molar-refractivity contribution < 1.29 is 4.42 Å². The molecule has 0 fully saturated rings. The van der Waals surface area contributed by atoms with Crippen LogP contribution in [-0.2, 0) is 0 Å². The second-order valence-corrected chi connectivity index (χ2v) is 16.6. The van der Waals surface area contributed by atoms with Crippen molar-refractivity contribution in [1.29, 1.82) is 0 Å². The minimum absolute atomic E-state index is 0.604. The van der Waals surface area contributed by atoms with E-state index < -0.39 is 0 Å².